The van der Waals surface area contributed by atoms with Gasteiger partial charge in [0.25, 0.3) is 0 Å². The molecule has 0 spiro atoms. The van der Waals surface area contributed by atoms with E-state index in [9.17, 15) is 0 Å². The van der Waals surface area contributed by atoms with E-state index in [1.54, 1.807) is 4.80 Å². The molecule has 124 valence electrons. The lowest BCUT2D eigenvalue weighted by molar-refractivity contribution is 0.318. The van der Waals surface area contributed by atoms with Crippen molar-refractivity contribution in [1.82, 2.24) is 29.4 Å². The highest BCUT2D eigenvalue weighted by molar-refractivity contribution is 5.28. The molecule has 0 radical (unpaired) electrons. The molecule has 0 saturated carbocycles. The molecule has 1 aliphatic rings. The van der Waals surface area contributed by atoms with Gasteiger partial charge < -0.3 is 10.3 Å². The quantitative estimate of drug-likeness (QED) is 0.773. The van der Waals surface area contributed by atoms with Crippen LogP contribution in [0.15, 0.2) is 49.1 Å². The highest BCUT2D eigenvalue weighted by atomic mass is 15.5. The Morgan fingerprint density at radius 1 is 1.17 bits per heavy atom. The molecule has 7 heteroatoms. The van der Waals surface area contributed by atoms with Crippen LogP contribution < -0.4 is 5.73 Å². The fraction of sp³-hybridized carbons (Fsp3) is 0.353. The van der Waals surface area contributed by atoms with Crippen molar-refractivity contribution in [2.45, 2.75) is 18.5 Å². The van der Waals surface area contributed by atoms with E-state index < -0.39 is 0 Å². The molecule has 1 fully saturated rings. The number of hydrogen-bond acceptors (Lipinski definition) is 5. The number of nitrogens with zero attached hydrogens (tertiary/aromatic N) is 6. The van der Waals surface area contributed by atoms with Gasteiger partial charge in [-0.1, -0.05) is 18.2 Å². The Morgan fingerprint density at radius 2 is 2.00 bits per heavy atom. The van der Waals surface area contributed by atoms with Crippen LogP contribution in [-0.4, -0.2) is 48.6 Å². The van der Waals surface area contributed by atoms with Crippen LogP contribution >= 0.6 is 0 Å². The monoisotopic (exact) mass is 323 g/mol. The first kappa shape index (κ1) is 15.0. The zero-order chi connectivity index (χ0) is 16.5. The molecule has 7 nitrogen and oxygen atoms in total. The Kier molecular flexibility index (Phi) is 3.87. The summed E-state index contributed by atoms with van der Waals surface area (Å²) in [5.74, 6) is 0.307. The standard InChI is InChI=1S/C17H21N7/c1-22-12-19-8-17(22)15-10-23(11-16(15)18)9-13-7-20-24(21-13)14-5-3-2-4-6-14/h2-8,12,15-16H,9-11,18H2,1H3/t15-,16-/m1/s1. The summed E-state index contributed by atoms with van der Waals surface area (Å²) in [6.07, 6.45) is 5.58. The summed E-state index contributed by atoms with van der Waals surface area (Å²) in [6.45, 7) is 2.53. The fourth-order valence-corrected chi connectivity index (χ4v) is 3.36. The maximum Gasteiger partial charge on any atom is 0.0971 e. The number of rotatable bonds is 4. The lowest BCUT2D eigenvalue weighted by Gasteiger charge is -2.15. The topological polar surface area (TPSA) is 77.8 Å². The van der Waals surface area contributed by atoms with Crippen molar-refractivity contribution in [3.8, 4) is 5.69 Å². The van der Waals surface area contributed by atoms with E-state index in [4.69, 9.17) is 5.73 Å². The van der Waals surface area contributed by atoms with E-state index in [0.29, 0.717) is 5.92 Å². The van der Waals surface area contributed by atoms with Crippen molar-refractivity contribution >= 4 is 0 Å². The molecule has 0 unspecified atom stereocenters. The Hall–Kier alpha value is -2.51. The van der Waals surface area contributed by atoms with E-state index in [0.717, 1.165) is 31.0 Å². The van der Waals surface area contributed by atoms with Crippen molar-refractivity contribution in [3.63, 3.8) is 0 Å². The highest BCUT2D eigenvalue weighted by Gasteiger charge is 2.33. The molecule has 3 aromatic rings. The van der Waals surface area contributed by atoms with Gasteiger partial charge in [-0.25, -0.2) is 4.98 Å². The predicted molar refractivity (Wildman–Crippen MR) is 90.6 cm³/mol. The smallest absolute Gasteiger partial charge is 0.0971 e. The van der Waals surface area contributed by atoms with Gasteiger partial charge in [0.2, 0.25) is 0 Å². The molecule has 2 atom stereocenters. The zero-order valence-corrected chi connectivity index (χ0v) is 13.7. The molecule has 3 heterocycles. The van der Waals surface area contributed by atoms with E-state index >= 15 is 0 Å². The number of benzene rings is 1. The third-order valence-electron chi connectivity index (χ3n) is 4.59. The van der Waals surface area contributed by atoms with Crippen LogP contribution in [0.1, 0.15) is 17.3 Å². The van der Waals surface area contributed by atoms with Crippen molar-refractivity contribution in [1.29, 1.82) is 0 Å². The minimum Gasteiger partial charge on any atom is -0.337 e. The third-order valence-corrected chi connectivity index (χ3v) is 4.59. The Labute approximate surface area is 140 Å². The summed E-state index contributed by atoms with van der Waals surface area (Å²) in [5.41, 5.74) is 9.47. The minimum atomic E-state index is 0.115. The minimum absolute atomic E-state index is 0.115. The van der Waals surface area contributed by atoms with Crippen LogP contribution in [0.3, 0.4) is 0 Å². The zero-order valence-electron chi connectivity index (χ0n) is 13.7. The first-order valence-corrected chi connectivity index (χ1v) is 8.11. The summed E-state index contributed by atoms with van der Waals surface area (Å²) < 4.78 is 2.06. The van der Waals surface area contributed by atoms with Gasteiger partial charge in [-0.15, -0.1) is 0 Å². The summed E-state index contributed by atoms with van der Waals surface area (Å²) in [7, 11) is 2.02. The van der Waals surface area contributed by atoms with Crippen LogP contribution in [0.2, 0.25) is 0 Å². The van der Waals surface area contributed by atoms with Crippen molar-refractivity contribution in [2.75, 3.05) is 13.1 Å². The van der Waals surface area contributed by atoms with Crippen molar-refractivity contribution in [2.24, 2.45) is 12.8 Å². The maximum atomic E-state index is 6.36. The summed E-state index contributed by atoms with van der Waals surface area (Å²) >= 11 is 0. The molecule has 0 amide bonds. The summed E-state index contributed by atoms with van der Waals surface area (Å²) in [5, 5.41) is 8.94. The third kappa shape index (κ3) is 2.83. The molecule has 1 aliphatic heterocycles. The van der Waals surface area contributed by atoms with Crippen LogP contribution in [0, 0.1) is 0 Å². The van der Waals surface area contributed by atoms with Gasteiger partial charge in [0.1, 0.15) is 0 Å². The average Bonchev–Trinajstić information content (AvgIpc) is 3.29. The number of aryl methyl sites for hydroxylation is 1. The predicted octanol–water partition coefficient (Wildman–Crippen LogP) is 0.927. The number of hydrogen-bond donors (Lipinski definition) is 1. The molecular weight excluding hydrogens is 302 g/mol. The van der Waals surface area contributed by atoms with Gasteiger partial charge in [-0.05, 0) is 12.1 Å². The molecule has 4 rings (SSSR count). The molecule has 2 aromatic heterocycles. The van der Waals surface area contributed by atoms with E-state index in [1.807, 2.05) is 56.1 Å². The molecule has 0 bridgehead atoms. The Bertz CT molecular complexity index is 807. The average molecular weight is 323 g/mol. The number of para-hydroxylation sites is 1. The largest absolute Gasteiger partial charge is 0.337 e. The normalized spacial score (nSPS) is 21.4. The van der Waals surface area contributed by atoms with E-state index in [2.05, 4.69) is 24.6 Å². The second-order valence-electron chi connectivity index (χ2n) is 6.35. The Balaban J connectivity index is 1.45. The van der Waals surface area contributed by atoms with Gasteiger partial charge in [-0.3, -0.25) is 4.90 Å². The number of aromatic nitrogens is 5. The van der Waals surface area contributed by atoms with Crippen molar-refractivity contribution < 1.29 is 0 Å². The second kappa shape index (κ2) is 6.18. The molecule has 0 aliphatic carbocycles. The first-order chi connectivity index (χ1) is 11.7. The molecule has 1 saturated heterocycles. The van der Waals surface area contributed by atoms with E-state index in [1.165, 1.54) is 5.69 Å². The van der Waals surface area contributed by atoms with Gasteiger partial charge in [0.05, 0.1) is 23.9 Å². The van der Waals surface area contributed by atoms with Crippen LogP contribution in [-0.2, 0) is 13.6 Å². The highest BCUT2D eigenvalue weighted by Crippen LogP contribution is 2.26. The second-order valence-corrected chi connectivity index (χ2v) is 6.35. The molecule has 1 aromatic carbocycles. The van der Waals surface area contributed by atoms with Crippen LogP contribution in [0.5, 0.6) is 0 Å². The number of likely N-dealkylation sites (tertiary alicyclic amines) is 1. The lowest BCUT2D eigenvalue weighted by Crippen LogP contribution is -2.29. The van der Waals surface area contributed by atoms with Crippen LogP contribution in [0.25, 0.3) is 5.69 Å². The van der Waals surface area contributed by atoms with Crippen LogP contribution in [0.4, 0.5) is 0 Å². The molecular formula is C17H21N7. The van der Waals surface area contributed by atoms with Gasteiger partial charge >= 0.3 is 0 Å². The van der Waals surface area contributed by atoms with Crippen molar-refractivity contribution in [3.05, 3.63) is 60.4 Å². The SMILES string of the molecule is Cn1cncc1[C@@H]1CN(Cc2cnn(-c3ccccc3)n2)C[C@H]1N. The molecule has 24 heavy (non-hydrogen) atoms. The Morgan fingerprint density at radius 3 is 2.75 bits per heavy atom. The van der Waals surface area contributed by atoms with Gasteiger partial charge in [-0.2, -0.15) is 15.0 Å². The number of nitrogens with two attached hydrogens (primary N) is 1. The van der Waals surface area contributed by atoms with E-state index in [-0.39, 0.29) is 6.04 Å². The molecule has 2 N–H and O–H groups in total. The number of imidazole rings is 1. The summed E-state index contributed by atoms with van der Waals surface area (Å²) in [4.78, 5) is 8.22. The maximum absolute atomic E-state index is 6.36. The summed E-state index contributed by atoms with van der Waals surface area (Å²) in [6, 6.07) is 10.1. The fourth-order valence-electron chi connectivity index (χ4n) is 3.36. The first-order valence-electron chi connectivity index (χ1n) is 8.11. The van der Waals surface area contributed by atoms with Gasteiger partial charge in [0.15, 0.2) is 0 Å². The lowest BCUT2D eigenvalue weighted by atomic mass is 10.0. The van der Waals surface area contributed by atoms with Gasteiger partial charge in [0, 0.05) is 50.5 Å².